The largest absolute Gasteiger partial charge is 0.390 e. The lowest BCUT2D eigenvalue weighted by Gasteiger charge is -2.25. The molecule has 0 fully saturated rings. The summed E-state index contributed by atoms with van der Waals surface area (Å²) < 4.78 is 41.3. The van der Waals surface area contributed by atoms with E-state index in [1.165, 1.54) is 29.2 Å². The number of hydrogen-bond donors (Lipinski definition) is 0. The van der Waals surface area contributed by atoms with Crippen LogP contribution in [0, 0.1) is 24.4 Å². The summed E-state index contributed by atoms with van der Waals surface area (Å²) in [6, 6.07) is 16.3. The van der Waals surface area contributed by atoms with Gasteiger partial charge in [0.2, 0.25) is 0 Å². The lowest BCUT2D eigenvalue weighted by atomic mass is 10.00. The zero-order valence-electron chi connectivity index (χ0n) is 17.4. The normalized spacial score (nSPS) is 15.2. The summed E-state index contributed by atoms with van der Waals surface area (Å²) in [5.41, 5.74) is 3.05. The number of halogens is 3. The number of oxime groups is 1. The van der Waals surface area contributed by atoms with E-state index in [1.54, 1.807) is 0 Å². The smallest absolute Gasteiger partial charge is 0.254 e. The molecular weight excluding hydrogens is 417 g/mol. The molecule has 3 aromatic rings. The standard InChI is InChI=1S/C25H21F3N2O2/c1-16-5-2-3-8-22(16)24-13-21(32-29-24)15-30(14-18-9-10-20(27)12-23(18)28)25(31)17-6-4-7-19(26)11-17/h2-12,21H,13-15H2,1H3. The van der Waals surface area contributed by atoms with Crippen molar-refractivity contribution < 1.29 is 22.8 Å². The van der Waals surface area contributed by atoms with Gasteiger partial charge in [-0.1, -0.05) is 41.6 Å². The quantitative estimate of drug-likeness (QED) is 0.528. The topological polar surface area (TPSA) is 41.9 Å². The maximum Gasteiger partial charge on any atom is 0.254 e. The van der Waals surface area contributed by atoms with Gasteiger partial charge in [-0.2, -0.15) is 0 Å². The number of carbonyl (C=O) groups is 1. The third-order valence-electron chi connectivity index (χ3n) is 5.35. The van der Waals surface area contributed by atoms with E-state index in [1.807, 2.05) is 31.2 Å². The Labute approximate surface area is 183 Å². The van der Waals surface area contributed by atoms with Crippen LogP contribution in [-0.4, -0.2) is 29.2 Å². The molecule has 1 heterocycles. The fourth-order valence-electron chi connectivity index (χ4n) is 3.71. The van der Waals surface area contributed by atoms with Gasteiger partial charge in [0, 0.05) is 35.7 Å². The summed E-state index contributed by atoms with van der Waals surface area (Å²) in [4.78, 5) is 20.1. The highest BCUT2D eigenvalue weighted by atomic mass is 19.1. The molecule has 0 bridgehead atoms. The SMILES string of the molecule is Cc1ccccc1C1=NOC(CN(Cc2ccc(F)cc2F)C(=O)c2cccc(F)c2)C1. The molecule has 4 rings (SSSR count). The average Bonchev–Trinajstić information content (AvgIpc) is 3.23. The van der Waals surface area contributed by atoms with Crippen molar-refractivity contribution in [1.82, 2.24) is 4.90 Å². The molecule has 3 aromatic carbocycles. The highest BCUT2D eigenvalue weighted by Gasteiger charge is 2.28. The van der Waals surface area contributed by atoms with Gasteiger partial charge in [0.05, 0.1) is 12.3 Å². The molecule has 4 nitrogen and oxygen atoms in total. The van der Waals surface area contributed by atoms with Crippen molar-refractivity contribution >= 4 is 11.6 Å². The number of benzene rings is 3. The molecular formula is C25H21F3N2O2. The van der Waals surface area contributed by atoms with Crippen LogP contribution in [0.25, 0.3) is 0 Å². The highest BCUT2D eigenvalue weighted by molar-refractivity contribution is 6.02. The predicted molar refractivity (Wildman–Crippen MR) is 115 cm³/mol. The molecule has 0 aromatic heterocycles. The Hall–Kier alpha value is -3.61. The average molecular weight is 438 g/mol. The molecule has 1 unspecified atom stereocenters. The Morgan fingerprint density at radius 1 is 1.03 bits per heavy atom. The van der Waals surface area contributed by atoms with Gasteiger partial charge in [-0.3, -0.25) is 4.79 Å². The van der Waals surface area contributed by atoms with Crippen molar-refractivity contribution in [2.24, 2.45) is 5.16 Å². The lowest BCUT2D eigenvalue weighted by molar-refractivity contribution is 0.0402. The van der Waals surface area contributed by atoms with E-state index in [0.29, 0.717) is 6.42 Å². The van der Waals surface area contributed by atoms with Crippen molar-refractivity contribution in [3.63, 3.8) is 0 Å². The van der Waals surface area contributed by atoms with Crippen LogP contribution in [0.2, 0.25) is 0 Å². The van der Waals surface area contributed by atoms with Crippen molar-refractivity contribution in [2.75, 3.05) is 6.54 Å². The molecule has 0 spiro atoms. The van der Waals surface area contributed by atoms with Gasteiger partial charge in [-0.05, 0) is 36.8 Å². The molecule has 0 radical (unpaired) electrons. The zero-order chi connectivity index (χ0) is 22.7. The Bertz CT molecular complexity index is 1180. The second-order valence-corrected chi connectivity index (χ2v) is 7.72. The van der Waals surface area contributed by atoms with Crippen molar-refractivity contribution in [3.8, 4) is 0 Å². The van der Waals surface area contributed by atoms with Gasteiger partial charge in [0.1, 0.15) is 17.5 Å². The maximum absolute atomic E-state index is 14.3. The molecule has 7 heteroatoms. The van der Waals surface area contributed by atoms with E-state index in [-0.39, 0.29) is 24.2 Å². The molecule has 164 valence electrons. The summed E-state index contributed by atoms with van der Waals surface area (Å²) in [7, 11) is 0. The number of carbonyl (C=O) groups excluding carboxylic acids is 1. The maximum atomic E-state index is 14.3. The Morgan fingerprint density at radius 2 is 1.81 bits per heavy atom. The number of amides is 1. The molecule has 32 heavy (non-hydrogen) atoms. The highest BCUT2D eigenvalue weighted by Crippen LogP contribution is 2.22. The first-order valence-electron chi connectivity index (χ1n) is 10.2. The van der Waals surface area contributed by atoms with Crippen LogP contribution in [0.1, 0.15) is 33.5 Å². The summed E-state index contributed by atoms with van der Waals surface area (Å²) in [5.74, 6) is -2.50. The van der Waals surface area contributed by atoms with Crippen molar-refractivity contribution in [1.29, 1.82) is 0 Å². The molecule has 1 aliphatic heterocycles. The monoisotopic (exact) mass is 438 g/mol. The van der Waals surface area contributed by atoms with Gasteiger partial charge < -0.3 is 9.74 Å². The Kier molecular flexibility index (Phi) is 6.25. The van der Waals surface area contributed by atoms with Crippen LogP contribution < -0.4 is 0 Å². The number of aryl methyl sites for hydroxylation is 1. The first kappa shape index (κ1) is 21.6. The molecule has 1 aliphatic rings. The molecule has 0 saturated heterocycles. The third-order valence-corrected chi connectivity index (χ3v) is 5.35. The van der Waals surface area contributed by atoms with Crippen molar-refractivity contribution in [2.45, 2.75) is 26.0 Å². The van der Waals surface area contributed by atoms with Gasteiger partial charge >= 0.3 is 0 Å². The van der Waals surface area contributed by atoms with E-state index in [0.717, 1.165) is 35.0 Å². The number of nitrogens with zero attached hydrogens (tertiary/aromatic N) is 2. The van der Waals surface area contributed by atoms with Crippen LogP contribution in [0.4, 0.5) is 13.2 Å². The summed E-state index contributed by atoms with van der Waals surface area (Å²) >= 11 is 0. The number of hydrogen-bond acceptors (Lipinski definition) is 3. The second-order valence-electron chi connectivity index (χ2n) is 7.72. The molecule has 1 atom stereocenters. The van der Waals surface area contributed by atoms with E-state index in [9.17, 15) is 18.0 Å². The molecule has 1 amide bonds. The molecule has 0 aliphatic carbocycles. The van der Waals surface area contributed by atoms with Gasteiger partial charge in [0.25, 0.3) is 5.91 Å². The van der Waals surface area contributed by atoms with E-state index in [4.69, 9.17) is 4.84 Å². The number of rotatable bonds is 6. The fraction of sp³-hybridized carbons (Fsp3) is 0.200. The van der Waals surface area contributed by atoms with Crippen LogP contribution in [0.15, 0.2) is 71.9 Å². The third kappa shape index (κ3) is 4.82. The summed E-state index contributed by atoms with van der Waals surface area (Å²) in [6.45, 7) is 1.95. The van der Waals surface area contributed by atoms with Crippen LogP contribution in [0.5, 0.6) is 0 Å². The van der Waals surface area contributed by atoms with Gasteiger partial charge in [-0.15, -0.1) is 0 Å². The molecule has 0 saturated carbocycles. The minimum atomic E-state index is -0.758. The van der Waals surface area contributed by atoms with Gasteiger partial charge in [-0.25, -0.2) is 13.2 Å². The lowest BCUT2D eigenvalue weighted by Crippen LogP contribution is -2.37. The zero-order valence-corrected chi connectivity index (χ0v) is 17.4. The minimum absolute atomic E-state index is 0.102. The van der Waals surface area contributed by atoms with Crippen LogP contribution in [-0.2, 0) is 11.4 Å². The first-order valence-corrected chi connectivity index (χ1v) is 10.2. The second kappa shape index (κ2) is 9.26. The first-order chi connectivity index (χ1) is 15.4. The summed E-state index contributed by atoms with van der Waals surface area (Å²) in [6.07, 6.45) is 0.00886. The fourth-order valence-corrected chi connectivity index (χ4v) is 3.71. The van der Waals surface area contributed by atoms with E-state index in [2.05, 4.69) is 5.16 Å². The Balaban J connectivity index is 1.55. The minimum Gasteiger partial charge on any atom is -0.390 e. The summed E-state index contributed by atoms with van der Waals surface area (Å²) in [5, 5.41) is 4.18. The molecule has 0 N–H and O–H groups in total. The predicted octanol–water partition coefficient (Wildman–Crippen LogP) is 5.25. The van der Waals surface area contributed by atoms with Crippen LogP contribution in [0.3, 0.4) is 0 Å². The van der Waals surface area contributed by atoms with Gasteiger partial charge in [0.15, 0.2) is 6.10 Å². The Morgan fingerprint density at radius 3 is 2.56 bits per heavy atom. The van der Waals surface area contributed by atoms with E-state index >= 15 is 0 Å². The van der Waals surface area contributed by atoms with E-state index < -0.39 is 29.5 Å². The van der Waals surface area contributed by atoms with Crippen LogP contribution >= 0.6 is 0 Å². The van der Waals surface area contributed by atoms with Crippen molar-refractivity contribution in [3.05, 3.63) is 106 Å².